The van der Waals surface area contributed by atoms with Crippen molar-refractivity contribution in [3.63, 3.8) is 0 Å². The Morgan fingerprint density at radius 2 is 1.70 bits per heavy atom. The molecule has 0 spiro atoms. The van der Waals surface area contributed by atoms with Crippen molar-refractivity contribution in [1.29, 1.82) is 0 Å². The van der Waals surface area contributed by atoms with Crippen LogP contribution in [0, 0.1) is 6.92 Å². The van der Waals surface area contributed by atoms with E-state index >= 15 is 0 Å². The SMILES string of the molecule is CCC(Oc1ccc(C)cc1)C(=O)Nc1cccc(C(=O)N(CC)CC)c1. The first-order chi connectivity index (χ1) is 13.0. The van der Waals surface area contributed by atoms with E-state index < -0.39 is 6.10 Å². The summed E-state index contributed by atoms with van der Waals surface area (Å²) < 4.78 is 5.82. The van der Waals surface area contributed by atoms with Crippen molar-refractivity contribution in [2.75, 3.05) is 18.4 Å². The van der Waals surface area contributed by atoms with Gasteiger partial charge in [0.1, 0.15) is 5.75 Å². The number of anilines is 1. The molecule has 0 saturated carbocycles. The minimum atomic E-state index is -0.602. The molecule has 0 aromatic heterocycles. The molecule has 2 aromatic rings. The summed E-state index contributed by atoms with van der Waals surface area (Å²) in [6.07, 6.45) is -0.0625. The second-order valence-electron chi connectivity index (χ2n) is 6.38. The number of benzene rings is 2. The summed E-state index contributed by atoms with van der Waals surface area (Å²) in [4.78, 5) is 26.8. The maximum absolute atomic E-state index is 12.6. The number of carbonyl (C=O) groups excluding carboxylic acids is 2. The van der Waals surface area contributed by atoms with Gasteiger partial charge in [-0.1, -0.05) is 30.7 Å². The first kappa shape index (κ1) is 20.5. The highest BCUT2D eigenvalue weighted by atomic mass is 16.5. The number of hydrogen-bond donors (Lipinski definition) is 1. The minimum absolute atomic E-state index is 0.0426. The van der Waals surface area contributed by atoms with Crippen LogP contribution in [0.15, 0.2) is 48.5 Å². The van der Waals surface area contributed by atoms with Crippen LogP contribution in [-0.4, -0.2) is 35.9 Å². The van der Waals surface area contributed by atoms with Crippen LogP contribution in [0.25, 0.3) is 0 Å². The van der Waals surface area contributed by atoms with Crippen molar-refractivity contribution in [2.45, 2.75) is 40.2 Å². The predicted molar refractivity (Wildman–Crippen MR) is 108 cm³/mol. The molecule has 2 rings (SSSR count). The van der Waals surface area contributed by atoms with Gasteiger partial charge >= 0.3 is 0 Å². The third-order valence-corrected chi connectivity index (χ3v) is 4.39. The molecule has 0 radical (unpaired) electrons. The molecular weight excluding hydrogens is 340 g/mol. The second-order valence-corrected chi connectivity index (χ2v) is 6.38. The Kier molecular flexibility index (Phi) is 7.41. The Morgan fingerprint density at radius 3 is 2.30 bits per heavy atom. The molecule has 0 heterocycles. The van der Waals surface area contributed by atoms with Crippen LogP contribution < -0.4 is 10.1 Å². The van der Waals surface area contributed by atoms with Gasteiger partial charge in [-0.2, -0.15) is 0 Å². The van der Waals surface area contributed by atoms with Crippen LogP contribution >= 0.6 is 0 Å². The molecule has 5 nitrogen and oxygen atoms in total. The van der Waals surface area contributed by atoms with E-state index in [9.17, 15) is 9.59 Å². The van der Waals surface area contributed by atoms with Gasteiger partial charge in [0.25, 0.3) is 11.8 Å². The van der Waals surface area contributed by atoms with Gasteiger partial charge in [-0.05, 0) is 57.5 Å². The van der Waals surface area contributed by atoms with Crippen LogP contribution in [-0.2, 0) is 4.79 Å². The van der Waals surface area contributed by atoms with E-state index in [1.165, 1.54) is 0 Å². The van der Waals surface area contributed by atoms with Gasteiger partial charge in [0.2, 0.25) is 0 Å². The van der Waals surface area contributed by atoms with Gasteiger partial charge in [-0.15, -0.1) is 0 Å². The van der Waals surface area contributed by atoms with E-state index in [1.807, 2.05) is 52.0 Å². The van der Waals surface area contributed by atoms with E-state index in [-0.39, 0.29) is 11.8 Å². The Hall–Kier alpha value is -2.82. The smallest absolute Gasteiger partial charge is 0.265 e. The molecule has 5 heteroatoms. The molecule has 1 unspecified atom stereocenters. The van der Waals surface area contributed by atoms with E-state index in [2.05, 4.69) is 5.32 Å². The topological polar surface area (TPSA) is 58.6 Å². The third kappa shape index (κ3) is 5.58. The zero-order valence-electron chi connectivity index (χ0n) is 16.5. The lowest BCUT2D eigenvalue weighted by molar-refractivity contribution is -0.122. The largest absolute Gasteiger partial charge is 0.481 e. The number of rotatable bonds is 8. The number of hydrogen-bond acceptors (Lipinski definition) is 3. The summed E-state index contributed by atoms with van der Waals surface area (Å²) in [5.41, 5.74) is 2.28. The zero-order chi connectivity index (χ0) is 19.8. The molecule has 2 amide bonds. The van der Waals surface area contributed by atoms with Crippen LogP contribution in [0.4, 0.5) is 5.69 Å². The van der Waals surface area contributed by atoms with E-state index in [4.69, 9.17) is 4.74 Å². The lowest BCUT2D eigenvalue weighted by Crippen LogP contribution is -2.33. The number of aryl methyl sites for hydroxylation is 1. The molecule has 0 fully saturated rings. The van der Waals surface area contributed by atoms with Crippen LogP contribution in [0.5, 0.6) is 5.75 Å². The summed E-state index contributed by atoms with van der Waals surface area (Å²) >= 11 is 0. The number of amides is 2. The summed E-state index contributed by atoms with van der Waals surface area (Å²) in [6.45, 7) is 9.09. The Bertz CT molecular complexity index is 767. The molecule has 2 aromatic carbocycles. The first-order valence-electron chi connectivity index (χ1n) is 9.42. The quantitative estimate of drug-likeness (QED) is 0.757. The number of carbonyl (C=O) groups is 2. The molecule has 0 aliphatic heterocycles. The number of ether oxygens (including phenoxy) is 1. The lowest BCUT2D eigenvalue weighted by Gasteiger charge is -2.20. The van der Waals surface area contributed by atoms with Crippen molar-refractivity contribution < 1.29 is 14.3 Å². The highest BCUT2D eigenvalue weighted by Gasteiger charge is 2.19. The van der Waals surface area contributed by atoms with Crippen molar-refractivity contribution in [2.24, 2.45) is 0 Å². The summed E-state index contributed by atoms with van der Waals surface area (Å²) in [5.74, 6) is 0.387. The van der Waals surface area contributed by atoms with Gasteiger partial charge in [0.15, 0.2) is 6.10 Å². The van der Waals surface area contributed by atoms with E-state index in [0.29, 0.717) is 36.5 Å². The summed E-state index contributed by atoms with van der Waals surface area (Å²) in [6, 6.07) is 14.6. The van der Waals surface area contributed by atoms with Gasteiger partial charge in [0.05, 0.1) is 0 Å². The highest BCUT2D eigenvalue weighted by molar-refractivity contribution is 5.98. The summed E-state index contributed by atoms with van der Waals surface area (Å²) in [7, 11) is 0. The maximum atomic E-state index is 12.6. The predicted octanol–water partition coefficient (Wildman–Crippen LogP) is 4.27. The third-order valence-electron chi connectivity index (χ3n) is 4.39. The normalized spacial score (nSPS) is 11.6. The Morgan fingerprint density at radius 1 is 1.04 bits per heavy atom. The molecule has 0 saturated heterocycles. The fraction of sp³-hybridized carbons (Fsp3) is 0.364. The summed E-state index contributed by atoms with van der Waals surface area (Å²) in [5, 5.41) is 2.86. The fourth-order valence-corrected chi connectivity index (χ4v) is 2.75. The average molecular weight is 368 g/mol. The van der Waals surface area contributed by atoms with Crippen LogP contribution in [0.1, 0.15) is 43.1 Å². The van der Waals surface area contributed by atoms with Gasteiger partial charge in [-0.3, -0.25) is 9.59 Å². The Labute approximate surface area is 161 Å². The first-order valence-corrected chi connectivity index (χ1v) is 9.42. The lowest BCUT2D eigenvalue weighted by atomic mass is 10.1. The highest BCUT2D eigenvalue weighted by Crippen LogP contribution is 2.17. The van der Waals surface area contributed by atoms with Crippen molar-refractivity contribution >= 4 is 17.5 Å². The van der Waals surface area contributed by atoms with Gasteiger partial charge in [0, 0.05) is 24.3 Å². The molecule has 0 bridgehead atoms. The molecule has 144 valence electrons. The van der Waals surface area contributed by atoms with Crippen LogP contribution in [0.2, 0.25) is 0 Å². The molecule has 0 aliphatic carbocycles. The second kappa shape index (κ2) is 9.76. The zero-order valence-corrected chi connectivity index (χ0v) is 16.5. The van der Waals surface area contributed by atoms with Gasteiger partial charge in [-0.25, -0.2) is 0 Å². The standard InChI is InChI=1S/C22H28N2O3/c1-5-20(27-19-13-11-16(4)12-14-19)21(25)23-18-10-8-9-17(15-18)22(26)24(6-2)7-3/h8-15,20H,5-7H2,1-4H3,(H,23,25). The maximum Gasteiger partial charge on any atom is 0.265 e. The monoisotopic (exact) mass is 368 g/mol. The molecular formula is C22H28N2O3. The minimum Gasteiger partial charge on any atom is -0.481 e. The average Bonchev–Trinajstić information content (AvgIpc) is 2.68. The molecule has 1 atom stereocenters. The Balaban J connectivity index is 2.08. The van der Waals surface area contributed by atoms with E-state index in [1.54, 1.807) is 29.2 Å². The number of nitrogens with one attached hydrogen (secondary N) is 1. The number of nitrogens with zero attached hydrogens (tertiary/aromatic N) is 1. The van der Waals surface area contributed by atoms with Gasteiger partial charge < -0.3 is 15.0 Å². The van der Waals surface area contributed by atoms with E-state index in [0.717, 1.165) is 5.56 Å². The molecule has 27 heavy (non-hydrogen) atoms. The molecule has 0 aliphatic rings. The molecule has 1 N–H and O–H groups in total. The van der Waals surface area contributed by atoms with Crippen molar-refractivity contribution in [3.8, 4) is 5.75 Å². The van der Waals surface area contributed by atoms with Crippen LogP contribution in [0.3, 0.4) is 0 Å². The van der Waals surface area contributed by atoms with Crippen molar-refractivity contribution in [3.05, 3.63) is 59.7 Å². The van der Waals surface area contributed by atoms with Crippen molar-refractivity contribution in [1.82, 2.24) is 4.90 Å². The fourth-order valence-electron chi connectivity index (χ4n) is 2.75.